The molecule has 0 radical (unpaired) electrons. The first-order chi connectivity index (χ1) is 15.0. The Balaban J connectivity index is 1.58. The van der Waals surface area contributed by atoms with Crippen LogP contribution in [-0.2, 0) is 9.59 Å². The molecule has 0 unspecified atom stereocenters. The third kappa shape index (κ3) is 4.37. The molecule has 0 aromatic heterocycles. The average Bonchev–Trinajstić information content (AvgIpc) is 3.53. The number of carbonyl (C=O) groups excluding carboxylic acids is 3. The van der Waals surface area contributed by atoms with E-state index in [-0.39, 0.29) is 17.4 Å². The zero-order valence-electron chi connectivity index (χ0n) is 17.9. The van der Waals surface area contributed by atoms with E-state index < -0.39 is 11.1 Å². The van der Waals surface area contributed by atoms with Crippen LogP contribution in [0.25, 0.3) is 6.08 Å². The van der Waals surface area contributed by atoms with Gasteiger partial charge < -0.3 is 19.3 Å². The van der Waals surface area contributed by atoms with E-state index in [1.807, 2.05) is 12.1 Å². The summed E-state index contributed by atoms with van der Waals surface area (Å²) in [7, 11) is 3.19. The van der Waals surface area contributed by atoms with Gasteiger partial charge in [0.1, 0.15) is 18.0 Å². The average molecular weight is 446 g/mol. The van der Waals surface area contributed by atoms with Crippen LogP contribution in [0.15, 0.2) is 17.0 Å². The lowest BCUT2D eigenvalue weighted by atomic mass is 10.1. The summed E-state index contributed by atoms with van der Waals surface area (Å²) < 4.78 is 11.2. The van der Waals surface area contributed by atoms with Crippen LogP contribution in [0.5, 0.6) is 11.5 Å². The molecule has 9 heteroatoms. The molecule has 0 saturated carbocycles. The standard InChI is InChI=1S/C22H27N3O5S/c1-29-17-13-16(23-7-3-4-8-23)18(30-2)11-15(17)12-19-21(27)25(22(28)31-19)14-20(26)24-9-5-6-10-24/h11-13H,3-10,14H2,1-2H3. The van der Waals surface area contributed by atoms with Gasteiger partial charge in [-0.15, -0.1) is 0 Å². The van der Waals surface area contributed by atoms with Gasteiger partial charge in [-0.1, -0.05) is 0 Å². The van der Waals surface area contributed by atoms with Crippen LogP contribution in [-0.4, -0.2) is 73.8 Å². The molecule has 0 aliphatic carbocycles. The second kappa shape index (κ2) is 9.21. The van der Waals surface area contributed by atoms with Gasteiger partial charge in [0.25, 0.3) is 11.1 Å². The highest BCUT2D eigenvalue weighted by Crippen LogP contribution is 2.40. The first kappa shape index (κ1) is 21.5. The Morgan fingerprint density at radius 1 is 1.00 bits per heavy atom. The Morgan fingerprint density at radius 3 is 2.29 bits per heavy atom. The Kier molecular flexibility index (Phi) is 6.41. The smallest absolute Gasteiger partial charge is 0.294 e. The van der Waals surface area contributed by atoms with Crippen molar-refractivity contribution in [1.82, 2.24) is 9.80 Å². The summed E-state index contributed by atoms with van der Waals surface area (Å²) in [6.45, 7) is 3.08. The molecule has 8 nitrogen and oxygen atoms in total. The van der Waals surface area contributed by atoms with Crippen molar-refractivity contribution < 1.29 is 23.9 Å². The van der Waals surface area contributed by atoms with Gasteiger partial charge in [0.15, 0.2) is 0 Å². The minimum atomic E-state index is -0.452. The second-order valence-corrected chi connectivity index (χ2v) is 8.81. The number of nitrogens with zero attached hydrogens (tertiary/aromatic N) is 3. The van der Waals surface area contributed by atoms with Crippen molar-refractivity contribution >= 4 is 40.6 Å². The van der Waals surface area contributed by atoms with E-state index in [1.165, 1.54) is 0 Å². The third-order valence-corrected chi connectivity index (χ3v) is 6.80. The Labute approximate surface area is 186 Å². The van der Waals surface area contributed by atoms with Gasteiger partial charge in [0, 0.05) is 37.8 Å². The fraction of sp³-hybridized carbons (Fsp3) is 0.500. The summed E-state index contributed by atoms with van der Waals surface area (Å²) in [5, 5.41) is -0.427. The van der Waals surface area contributed by atoms with Crippen LogP contribution >= 0.6 is 11.8 Å². The monoisotopic (exact) mass is 445 g/mol. The fourth-order valence-electron chi connectivity index (χ4n) is 4.20. The molecule has 3 saturated heterocycles. The molecule has 1 aromatic carbocycles. The third-order valence-electron chi connectivity index (χ3n) is 5.89. The fourth-order valence-corrected chi connectivity index (χ4v) is 5.03. The van der Waals surface area contributed by atoms with E-state index in [2.05, 4.69) is 4.90 Å². The molecule has 0 N–H and O–H groups in total. The summed E-state index contributed by atoms with van der Waals surface area (Å²) in [6, 6.07) is 3.74. The Morgan fingerprint density at radius 2 is 1.65 bits per heavy atom. The van der Waals surface area contributed by atoms with Crippen molar-refractivity contribution in [3.05, 3.63) is 22.6 Å². The van der Waals surface area contributed by atoms with Gasteiger partial charge in [-0.25, -0.2) is 0 Å². The Bertz CT molecular complexity index is 920. The number of benzene rings is 1. The van der Waals surface area contributed by atoms with Crippen LogP contribution in [0, 0.1) is 0 Å². The zero-order valence-corrected chi connectivity index (χ0v) is 18.7. The van der Waals surface area contributed by atoms with Crippen molar-refractivity contribution in [2.24, 2.45) is 0 Å². The predicted molar refractivity (Wildman–Crippen MR) is 119 cm³/mol. The number of hydrogen-bond acceptors (Lipinski definition) is 7. The lowest BCUT2D eigenvalue weighted by Gasteiger charge is -2.22. The number of carbonyl (C=O) groups is 3. The predicted octanol–water partition coefficient (Wildman–Crippen LogP) is 2.96. The number of rotatable bonds is 6. The molecular weight excluding hydrogens is 418 g/mol. The maximum Gasteiger partial charge on any atom is 0.294 e. The number of ether oxygens (including phenoxy) is 2. The second-order valence-electron chi connectivity index (χ2n) is 7.82. The highest BCUT2D eigenvalue weighted by molar-refractivity contribution is 8.18. The molecule has 3 fully saturated rings. The highest BCUT2D eigenvalue weighted by Gasteiger charge is 2.37. The molecule has 3 amide bonds. The van der Waals surface area contributed by atoms with Crippen LogP contribution in [0.4, 0.5) is 10.5 Å². The molecule has 3 aliphatic rings. The molecule has 4 rings (SSSR count). The zero-order chi connectivity index (χ0) is 22.0. The number of hydrogen-bond donors (Lipinski definition) is 0. The number of anilines is 1. The number of thioether (sulfide) groups is 1. The Hall–Kier alpha value is -2.68. The number of likely N-dealkylation sites (tertiary alicyclic amines) is 1. The van der Waals surface area contributed by atoms with Crippen molar-refractivity contribution in [3.8, 4) is 11.5 Å². The van der Waals surface area contributed by atoms with Crippen molar-refractivity contribution in [3.63, 3.8) is 0 Å². The lowest BCUT2D eigenvalue weighted by Crippen LogP contribution is -2.40. The van der Waals surface area contributed by atoms with Gasteiger partial charge in [-0.05, 0) is 49.6 Å². The molecule has 0 spiro atoms. The van der Waals surface area contributed by atoms with E-state index in [9.17, 15) is 14.4 Å². The summed E-state index contributed by atoms with van der Waals surface area (Å²) in [6.07, 6.45) is 5.83. The van der Waals surface area contributed by atoms with E-state index in [1.54, 1.807) is 25.2 Å². The van der Waals surface area contributed by atoms with Gasteiger partial charge >= 0.3 is 0 Å². The van der Waals surface area contributed by atoms with E-state index in [4.69, 9.17) is 9.47 Å². The van der Waals surface area contributed by atoms with Gasteiger partial charge in [0.05, 0.1) is 24.8 Å². The maximum atomic E-state index is 12.9. The lowest BCUT2D eigenvalue weighted by molar-refractivity contribution is -0.135. The largest absolute Gasteiger partial charge is 0.496 e. The minimum absolute atomic E-state index is 0.185. The summed E-state index contributed by atoms with van der Waals surface area (Å²) >= 11 is 0.844. The van der Waals surface area contributed by atoms with Gasteiger partial charge in [-0.2, -0.15) is 0 Å². The quantitative estimate of drug-likeness (QED) is 0.623. The first-order valence-corrected chi connectivity index (χ1v) is 11.4. The topological polar surface area (TPSA) is 79.4 Å². The summed E-state index contributed by atoms with van der Waals surface area (Å²) in [5.41, 5.74) is 1.61. The number of imide groups is 1. The van der Waals surface area contributed by atoms with Crippen molar-refractivity contribution in [2.45, 2.75) is 25.7 Å². The normalized spacial score (nSPS) is 20.3. The summed E-state index contributed by atoms with van der Waals surface area (Å²) in [5.74, 6) is 0.655. The van der Waals surface area contributed by atoms with E-state index >= 15 is 0 Å². The first-order valence-electron chi connectivity index (χ1n) is 10.6. The van der Waals surface area contributed by atoms with E-state index in [0.717, 1.165) is 61.1 Å². The molecule has 0 atom stereocenters. The van der Waals surface area contributed by atoms with Gasteiger partial charge in [0.2, 0.25) is 5.91 Å². The van der Waals surface area contributed by atoms with E-state index in [0.29, 0.717) is 30.2 Å². The molecular formula is C22H27N3O5S. The van der Waals surface area contributed by atoms with Gasteiger partial charge in [-0.3, -0.25) is 19.3 Å². The molecule has 3 heterocycles. The molecule has 0 bridgehead atoms. The summed E-state index contributed by atoms with van der Waals surface area (Å²) in [4.78, 5) is 43.0. The van der Waals surface area contributed by atoms with Crippen LogP contribution in [0.3, 0.4) is 0 Å². The van der Waals surface area contributed by atoms with Crippen LogP contribution < -0.4 is 14.4 Å². The molecule has 1 aromatic rings. The van der Waals surface area contributed by atoms with Crippen molar-refractivity contribution in [2.75, 3.05) is 51.8 Å². The SMILES string of the molecule is COc1cc(N2CCCC2)c(OC)cc1C=C1SC(=O)N(CC(=O)N2CCCC2)C1=O. The van der Waals surface area contributed by atoms with Crippen LogP contribution in [0.1, 0.15) is 31.2 Å². The van der Waals surface area contributed by atoms with Crippen LogP contribution in [0.2, 0.25) is 0 Å². The highest BCUT2D eigenvalue weighted by atomic mass is 32.2. The molecule has 31 heavy (non-hydrogen) atoms. The molecule has 3 aliphatic heterocycles. The number of methoxy groups -OCH3 is 2. The number of amides is 3. The van der Waals surface area contributed by atoms with Crippen molar-refractivity contribution in [1.29, 1.82) is 0 Å². The molecule has 166 valence electrons. The maximum absolute atomic E-state index is 12.9. The minimum Gasteiger partial charge on any atom is -0.496 e.